The second-order valence-corrected chi connectivity index (χ2v) is 4.12. The van der Waals surface area contributed by atoms with Crippen LogP contribution in [-0.4, -0.2) is 18.6 Å². The van der Waals surface area contributed by atoms with E-state index in [2.05, 4.69) is 5.32 Å². The minimum absolute atomic E-state index is 0.109. The standard InChI is InChI=1S/C13H19FN2O2/c1-3-9(2)16-13(17)8-18-11-5-4-10(7-15)12(14)6-11/h4-6,9H,3,7-8,15H2,1-2H3,(H,16,17). The van der Waals surface area contributed by atoms with Crippen LogP contribution in [0.3, 0.4) is 0 Å². The number of rotatable bonds is 6. The molecule has 0 fully saturated rings. The van der Waals surface area contributed by atoms with Crippen molar-refractivity contribution in [1.29, 1.82) is 0 Å². The molecule has 0 spiro atoms. The summed E-state index contributed by atoms with van der Waals surface area (Å²) in [4.78, 5) is 11.4. The van der Waals surface area contributed by atoms with Gasteiger partial charge in [-0.15, -0.1) is 0 Å². The van der Waals surface area contributed by atoms with Crippen molar-refractivity contribution in [1.82, 2.24) is 5.32 Å². The lowest BCUT2D eigenvalue weighted by molar-refractivity contribution is -0.123. The van der Waals surface area contributed by atoms with Crippen LogP contribution in [0.5, 0.6) is 5.75 Å². The van der Waals surface area contributed by atoms with E-state index in [0.29, 0.717) is 11.3 Å². The Balaban J connectivity index is 2.48. The van der Waals surface area contributed by atoms with Gasteiger partial charge in [0, 0.05) is 24.2 Å². The smallest absolute Gasteiger partial charge is 0.258 e. The Labute approximate surface area is 106 Å². The van der Waals surface area contributed by atoms with Gasteiger partial charge in [0.25, 0.3) is 5.91 Å². The molecule has 0 bridgehead atoms. The molecule has 1 unspecified atom stereocenters. The molecular weight excluding hydrogens is 235 g/mol. The lowest BCUT2D eigenvalue weighted by Gasteiger charge is -2.12. The molecule has 0 radical (unpaired) electrons. The lowest BCUT2D eigenvalue weighted by Crippen LogP contribution is -2.35. The zero-order valence-electron chi connectivity index (χ0n) is 10.7. The van der Waals surface area contributed by atoms with Crippen molar-refractivity contribution >= 4 is 5.91 Å². The van der Waals surface area contributed by atoms with Crippen LogP contribution in [0, 0.1) is 5.82 Å². The Morgan fingerprint density at radius 3 is 2.83 bits per heavy atom. The van der Waals surface area contributed by atoms with Crippen molar-refractivity contribution in [2.45, 2.75) is 32.9 Å². The summed E-state index contributed by atoms with van der Waals surface area (Å²) in [5.41, 5.74) is 5.77. The molecule has 100 valence electrons. The zero-order chi connectivity index (χ0) is 13.5. The molecule has 0 saturated heterocycles. The molecule has 1 amide bonds. The number of carbonyl (C=O) groups is 1. The highest BCUT2D eigenvalue weighted by atomic mass is 19.1. The fraction of sp³-hybridized carbons (Fsp3) is 0.462. The molecule has 4 nitrogen and oxygen atoms in total. The van der Waals surface area contributed by atoms with Gasteiger partial charge in [-0.2, -0.15) is 0 Å². The molecule has 0 aliphatic carbocycles. The van der Waals surface area contributed by atoms with Gasteiger partial charge in [-0.05, 0) is 19.4 Å². The molecule has 18 heavy (non-hydrogen) atoms. The van der Waals surface area contributed by atoms with Gasteiger partial charge in [0.2, 0.25) is 0 Å². The highest BCUT2D eigenvalue weighted by molar-refractivity contribution is 5.77. The van der Waals surface area contributed by atoms with Gasteiger partial charge in [-0.3, -0.25) is 4.79 Å². The Morgan fingerprint density at radius 2 is 2.28 bits per heavy atom. The maximum absolute atomic E-state index is 13.4. The molecule has 0 aliphatic heterocycles. The third-order valence-corrected chi connectivity index (χ3v) is 2.63. The van der Waals surface area contributed by atoms with E-state index < -0.39 is 5.82 Å². The van der Waals surface area contributed by atoms with Gasteiger partial charge < -0.3 is 15.8 Å². The third-order valence-electron chi connectivity index (χ3n) is 2.63. The Bertz CT molecular complexity index is 410. The first kappa shape index (κ1) is 14.4. The number of benzene rings is 1. The van der Waals surface area contributed by atoms with Crippen LogP contribution in [0.25, 0.3) is 0 Å². The average Bonchev–Trinajstić information content (AvgIpc) is 2.36. The van der Waals surface area contributed by atoms with Gasteiger partial charge in [0.1, 0.15) is 11.6 Å². The molecule has 0 aliphatic rings. The maximum atomic E-state index is 13.4. The topological polar surface area (TPSA) is 64.3 Å². The first-order valence-electron chi connectivity index (χ1n) is 5.97. The second-order valence-electron chi connectivity index (χ2n) is 4.12. The highest BCUT2D eigenvalue weighted by Gasteiger charge is 2.07. The summed E-state index contributed by atoms with van der Waals surface area (Å²) in [6.07, 6.45) is 0.853. The van der Waals surface area contributed by atoms with Gasteiger partial charge in [-0.1, -0.05) is 13.0 Å². The van der Waals surface area contributed by atoms with E-state index in [-0.39, 0.29) is 25.1 Å². The maximum Gasteiger partial charge on any atom is 0.258 e. The van der Waals surface area contributed by atoms with E-state index in [1.54, 1.807) is 12.1 Å². The summed E-state index contributed by atoms with van der Waals surface area (Å²) < 4.78 is 18.6. The summed E-state index contributed by atoms with van der Waals surface area (Å²) in [6, 6.07) is 4.50. The predicted molar refractivity (Wildman–Crippen MR) is 67.7 cm³/mol. The highest BCUT2D eigenvalue weighted by Crippen LogP contribution is 2.16. The molecule has 0 aromatic heterocycles. The average molecular weight is 254 g/mol. The SMILES string of the molecule is CCC(C)NC(=O)COc1ccc(CN)c(F)c1. The number of ether oxygens (including phenoxy) is 1. The first-order chi connectivity index (χ1) is 8.56. The third kappa shape index (κ3) is 4.33. The van der Waals surface area contributed by atoms with Crippen LogP contribution in [0.2, 0.25) is 0 Å². The van der Waals surface area contributed by atoms with E-state index in [1.807, 2.05) is 13.8 Å². The van der Waals surface area contributed by atoms with Crippen LogP contribution >= 0.6 is 0 Å². The van der Waals surface area contributed by atoms with E-state index in [9.17, 15) is 9.18 Å². The number of halogens is 1. The Hall–Kier alpha value is -1.62. The van der Waals surface area contributed by atoms with E-state index in [4.69, 9.17) is 10.5 Å². The predicted octanol–water partition coefficient (Wildman–Crippen LogP) is 1.58. The molecule has 1 atom stereocenters. The fourth-order valence-electron chi connectivity index (χ4n) is 1.35. The molecule has 1 aromatic rings. The number of carbonyl (C=O) groups excluding carboxylic acids is 1. The molecule has 0 heterocycles. The number of hydrogen-bond acceptors (Lipinski definition) is 3. The zero-order valence-corrected chi connectivity index (χ0v) is 10.7. The number of nitrogens with one attached hydrogen (secondary N) is 1. The van der Waals surface area contributed by atoms with Crippen LogP contribution in [-0.2, 0) is 11.3 Å². The van der Waals surface area contributed by atoms with E-state index in [0.717, 1.165) is 6.42 Å². The monoisotopic (exact) mass is 254 g/mol. The van der Waals surface area contributed by atoms with Crippen LogP contribution in [0.15, 0.2) is 18.2 Å². The van der Waals surface area contributed by atoms with Gasteiger partial charge >= 0.3 is 0 Å². The van der Waals surface area contributed by atoms with Crippen molar-refractivity contribution in [2.75, 3.05) is 6.61 Å². The summed E-state index contributed by atoms with van der Waals surface area (Å²) in [6.45, 7) is 3.91. The molecule has 1 aromatic carbocycles. The Kier molecular flexibility index (Phi) is 5.58. The molecule has 5 heteroatoms. The van der Waals surface area contributed by atoms with Gasteiger partial charge in [0.15, 0.2) is 6.61 Å². The Morgan fingerprint density at radius 1 is 1.56 bits per heavy atom. The second kappa shape index (κ2) is 6.96. The minimum Gasteiger partial charge on any atom is -0.484 e. The number of hydrogen-bond donors (Lipinski definition) is 2. The van der Waals surface area contributed by atoms with Gasteiger partial charge in [0.05, 0.1) is 0 Å². The number of nitrogens with two attached hydrogens (primary N) is 1. The van der Waals surface area contributed by atoms with E-state index in [1.165, 1.54) is 6.07 Å². The summed E-state index contributed by atoms with van der Waals surface area (Å²) in [7, 11) is 0. The first-order valence-corrected chi connectivity index (χ1v) is 5.97. The minimum atomic E-state index is -0.419. The summed E-state index contributed by atoms with van der Waals surface area (Å²) in [5, 5.41) is 2.76. The van der Waals surface area contributed by atoms with Crippen LogP contribution in [0.4, 0.5) is 4.39 Å². The van der Waals surface area contributed by atoms with Crippen molar-refractivity contribution in [3.8, 4) is 5.75 Å². The van der Waals surface area contributed by atoms with Crippen molar-refractivity contribution in [3.05, 3.63) is 29.6 Å². The number of amides is 1. The molecular formula is C13H19FN2O2. The molecule has 3 N–H and O–H groups in total. The summed E-state index contributed by atoms with van der Waals surface area (Å²) in [5.74, 6) is -0.311. The largest absolute Gasteiger partial charge is 0.484 e. The van der Waals surface area contributed by atoms with Crippen LogP contribution < -0.4 is 15.8 Å². The molecule has 1 rings (SSSR count). The van der Waals surface area contributed by atoms with E-state index >= 15 is 0 Å². The van der Waals surface area contributed by atoms with Crippen LogP contribution in [0.1, 0.15) is 25.8 Å². The fourth-order valence-corrected chi connectivity index (χ4v) is 1.35. The van der Waals surface area contributed by atoms with Crippen molar-refractivity contribution in [2.24, 2.45) is 5.73 Å². The van der Waals surface area contributed by atoms with Gasteiger partial charge in [-0.25, -0.2) is 4.39 Å². The van der Waals surface area contributed by atoms with Crippen molar-refractivity contribution in [3.63, 3.8) is 0 Å². The van der Waals surface area contributed by atoms with Crippen molar-refractivity contribution < 1.29 is 13.9 Å². The summed E-state index contributed by atoms with van der Waals surface area (Å²) >= 11 is 0. The lowest BCUT2D eigenvalue weighted by atomic mass is 10.2. The normalized spacial score (nSPS) is 12.0. The molecule has 0 saturated carbocycles. The quantitative estimate of drug-likeness (QED) is 0.810.